The predicted octanol–water partition coefficient (Wildman–Crippen LogP) is 3.14. The number of nitrogens with two attached hydrogens (primary N) is 1. The molecule has 0 spiro atoms. The largest absolute Gasteiger partial charge is 0.355 e. The summed E-state index contributed by atoms with van der Waals surface area (Å²) in [6, 6.07) is 6.41. The molecule has 0 amide bonds. The minimum atomic E-state index is 0.201. The van der Waals surface area contributed by atoms with Gasteiger partial charge in [-0.2, -0.15) is 10.2 Å². The fraction of sp³-hybridized carbons (Fsp3) is 0.364. The summed E-state index contributed by atoms with van der Waals surface area (Å²) in [6.07, 6.45) is 7.85. The third-order valence-electron chi connectivity index (χ3n) is 5.77. The first kappa shape index (κ1) is 18.7. The molecule has 1 fully saturated rings. The molecule has 4 aromatic rings. The third-order valence-corrected chi connectivity index (χ3v) is 5.77. The smallest absolute Gasteiger partial charge is 0.132 e. The second-order valence-corrected chi connectivity index (χ2v) is 7.96. The van der Waals surface area contributed by atoms with Gasteiger partial charge in [0.05, 0.1) is 29.3 Å². The monoisotopic (exact) mass is 402 g/mol. The van der Waals surface area contributed by atoms with Gasteiger partial charge in [-0.25, -0.2) is 4.98 Å². The molecule has 30 heavy (non-hydrogen) atoms. The van der Waals surface area contributed by atoms with Gasteiger partial charge >= 0.3 is 0 Å². The summed E-state index contributed by atoms with van der Waals surface area (Å²) in [6.45, 7) is 6.82. The molecule has 154 valence electrons. The molecule has 0 aliphatic carbocycles. The second-order valence-electron chi connectivity index (χ2n) is 7.96. The van der Waals surface area contributed by atoms with Crippen LogP contribution in [0.4, 0.5) is 5.82 Å². The first-order valence-corrected chi connectivity index (χ1v) is 10.5. The zero-order valence-corrected chi connectivity index (χ0v) is 17.3. The average molecular weight is 403 g/mol. The number of H-pyrrole nitrogens is 1. The number of hydrogen-bond donors (Lipinski definition) is 2. The molecule has 1 aliphatic rings. The number of rotatable bonds is 4. The van der Waals surface area contributed by atoms with E-state index in [9.17, 15) is 0 Å². The number of aromatic amines is 1. The molecule has 5 rings (SSSR count). The number of aryl methyl sites for hydroxylation is 2. The van der Waals surface area contributed by atoms with E-state index in [2.05, 4.69) is 51.2 Å². The summed E-state index contributed by atoms with van der Waals surface area (Å²) in [5.41, 5.74) is 11.8. The summed E-state index contributed by atoms with van der Waals surface area (Å²) in [4.78, 5) is 11.9. The number of piperidine rings is 1. The Morgan fingerprint density at radius 3 is 2.93 bits per heavy atom. The maximum absolute atomic E-state index is 6.20. The number of fused-ring (bicyclic) bond motifs is 1. The van der Waals surface area contributed by atoms with Crippen molar-refractivity contribution in [1.29, 1.82) is 0 Å². The predicted molar refractivity (Wildman–Crippen MR) is 118 cm³/mol. The van der Waals surface area contributed by atoms with Crippen molar-refractivity contribution in [3.05, 3.63) is 42.4 Å². The summed E-state index contributed by atoms with van der Waals surface area (Å²) in [5.74, 6) is 0.998. The van der Waals surface area contributed by atoms with Gasteiger partial charge in [-0.1, -0.05) is 6.07 Å². The van der Waals surface area contributed by atoms with E-state index in [0.29, 0.717) is 0 Å². The van der Waals surface area contributed by atoms with Crippen LogP contribution in [0.25, 0.3) is 33.5 Å². The molecule has 0 radical (unpaired) electrons. The first-order chi connectivity index (χ1) is 14.6. The van der Waals surface area contributed by atoms with Crippen LogP contribution in [0.5, 0.6) is 0 Å². The van der Waals surface area contributed by atoms with Crippen molar-refractivity contribution in [2.45, 2.75) is 39.3 Å². The summed E-state index contributed by atoms with van der Waals surface area (Å²) < 4.78 is 1.90. The van der Waals surface area contributed by atoms with Gasteiger partial charge in [-0.3, -0.25) is 14.8 Å². The normalized spacial score (nSPS) is 17.0. The van der Waals surface area contributed by atoms with Gasteiger partial charge in [0.15, 0.2) is 0 Å². The molecule has 1 unspecified atom stereocenters. The Morgan fingerprint density at radius 1 is 1.23 bits per heavy atom. The van der Waals surface area contributed by atoms with Crippen LogP contribution in [0.2, 0.25) is 0 Å². The molecule has 3 N–H and O–H groups in total. The van der Waals surface area contributed by atoms with Gasteiger partial charge < -0.3 is 10.6 Å². The van der Waals surface area contributed by atoms with Crippen LogP contribution >= 0.6 is 0 Å². The molecule has 0 aromatic carbocycles. The van der Waals surface area contributed by atoms with Gasteiger partial charge in [0.1, 0.15) is 11.5 Å². The summed E-state index contributed by atoms with van der Waals surface area (Å²) in [7, 11) is 0. The molecule has 8 heteroatoms. The van der Waals surface area contributed by atoms with Crippen LogP contribution in [0.1, 0.15) is 25.3 Å². The van der Waals surface area contributed by atoms with E-state index in [0.717, 1.165) is 77.4 Å². The van der Waals surface area contributed by atoms with Crippen molar-refractivity contribution in [2.75, 3.05) is 18.0 Å². The Kier molecular flexibility index (Phi) is 4.71. The van der Waals surface area contributed by atoms with E-state index >= 15 is 0 Å². The zero-order valence-electron chi connectivity index (χ0n) is 17.3. The molecule has 4 aromatic heterocycles. The van der Waals surface area contributed by atoms with E-state index in [1.807, 2.05) is 29.3 Å². The van der Waals surface area contributed by atoms with E-state index in [4.69, 9.17) is 10.7 Å². The van der Waals surface area contributed by atoms with Crippen LogP contribution < -0.4 is 10.6 Å². The second kappa shape index (κ2) is 7.53. The highest BCUT2D eigenvalue weighted by atomic mass is 15.3. The minimum Gasteiger partial charge on any atom is -0.355 e. The highest BCUT2D eigenvalue weighted by Crippen LogP contribution is 2.31. The van der Waals surface area contributed by atoms with Gasteiger partial charge in [-0.15, -0.1) is 0 Å². The van der Waals surface area contributed by atoms with Crippen molar-refractivity contribution in [1.82, 2.24) is 29.9 Å². The van der Waals surface area contributed by atoms with E-state index in [-0.39, 0.29) is 6.04 Å². The Hall–Kier alpha value is -3.26. The molecular weight excluding hydrogens is 376 g/mol. The Labute approximate surface area is 175 Å². The highest BCUT2D eigenvalue weighted by molar-refractivity contribution is 5.93. The van der Waals surface area contributed by atoms with Crippen molar-refractivity contribution < 1.29 is 0 Å². The van der Waals surface area contributed by atoms with Crippen LogP contribution in [-0.4, -0.2) is 49.1 Å². The number of anilines is 1. The van der Waals surface area contributed by atoms with Gasteiger partial charge in [0, 0.05) is 42.8 Å². The Bertz CT molecular complexity index is 1190. The van der Waals surface area contributed by atoms with Crippen molar-refractivity contribution in [3.8, 4) is 22.6 Å². The van der Waals surface area contributed by atoms with Gasteiger partial charge in [0.25, 0.3) is 0 Å². The fourth-order valence-corrected chi connectivity index (χ4v) is 4.11. The maximum atomic E-state index is 6.20. The lowest BCUT2D eigenvalue weighted by atomic mass is 10.1. The molecule has 1 saturated heterocycles. The Balaban J connectivity index is 1.56. The molecule has 8 nitrogen and oxygen atoms in total. The average Bonchev–Trinajstić information content (AvgIpc) is 3.41. The molecule has 1 aliphatic heterocycles. The zero-order chi connectivity index (χ0) is 20.7. The lowest BCUT2D eigenvalue weighted by Gasteiger charge is -2.32. The lowest BCUT2D eigenvalue weighted by molar-refractivity contribution is 0.502. The van der Waals surface area contributed by atoms with E-state index in [1.54, 1.807) is 0 Å². The molecule has 0 bridgehead atoms. The van der Waals surface area contributed by atoms with E-state index in [1.165, 1.54) is 0 Å². The maximum Gasteiger partial charge on any atom is 0.132 e. The first-order valence-electron chi connectivity index (χ1n) is 10.5. The number of nitrogens with one attached hydrogen (secondary N) is 1. The van der Waals surface area contributed by atoms with Crippen LogP contribution in [0.3, 0.4) is 0 Å². The molecule has 0 saturated carbocycles. The summed E-state index contributed by atoms with van der Waals surface area (Å²) >= 11 is 0. The lowest BCUT2D eigenvalue weighted by Crippen LogP contribution is -2.43. The minimum absolute atomic E-state index is 0.201. The number of hydrogen-bond acceptors (Lipinski definition) is 6. The topological polar surface area (TPSA) is 102 Å². The van der Waals surface area contributed by atoms with Crippen LogP contribution in [0, 0.1) is 6.92 Å². The van der Waals surface area contributed by atoms with Gasteiger partial charge in [0.2, 0.25) is 0 Å². The number of pyridine rings is 2. The van der Waals surface area contributed by atoms with Crippen molar-refractivity contribution >= 4 is 16.7 Å². The SMILES string of the molecule is CCn1cc(-c2cc3c(-c4ccc(C)c(N5CCCC(N)C5)n4)n[nH]c3cn2)cn1. The standard InChI is InChI=1S/C22H26N8/c1-3-30-12-15(10-25-30)19-9-17-20(11-24-19)27-28-21(17)18-7-6-14(2)22(26-18)29-8-4-5-16(23)13-29/h6-7,9-12,16H,3-5,8,13,23H2,1-2H3,(H,27,28). The fourth-order valence-electron chi connectivity index (χ4n) is 4.11. The molecule has 1 atom stereocenters. The summed E-state index contributed by atoms with van der Waals surface area (Å²) in [5, 5.41) is 13.0. The Morgan fingerprint density at radius 2 is 2.13 bits per heavy atom. The van der Waals surface area contributed by atoms with Crippen molar-refractivity contribution in [3.63, 3.8) is 0 Å². The van der Waals surface area contributed by atoms with E-state index < -0.39 is 0 Å². The number of aromatic nitrogens is 6. The number of nitrogens with zero attached hydrogens (tertiary/aromatic N) is 6. The molecule has 5 heterocycles. The third kappa shape index (κ3) is 3.33. The molecular formula is C22H26N8. The quantitative estimate of drug-likeness (QED) is 0.544. The van der Waals surface area contributed by atoms with Gasteiger partial charge in [-0.05, 0) is 44.4 Å². The van der Waals surface area contributed by atoms with Crippen LogP contribution in [0.15, 0.2) is 36.8 Å². The van der Waals surface area contributed by atoms with Crippen LogP contribution in [-0.2, 0) is 6.54 Å². The highest BCUT2D eigenvalue weighted by Gasteiger charge is 2.21. The van der Waals surface area contributed by atoms with Crippen molar-refractivity contribution in [2.24, 2.45) is 5.73 Å².